The van der Waals surface area contributed by atoms with E-state index >= 15 is 0 Å². The Bertz CT molecular complexity index is 518. The van der Waals surface area contributed by atoms with Crippen LogP contribution in [0.1, 0.15) is 12.0 Å². The molecular formula is C13H18ClNO4S. The molecule has 112 valence electrons. The molecule has 1 aromatic rings. The molecule has 0 N–H and O–H groups in total. The fourth-order valence-corrected chi connectivity index (χ4v) is 3.32. The minimum Gasteiger partial charge on any atom is -0.468 e. The zero-order chi connectivity index (χ0) is 15.0. The van der Waals surface area contributed by atoms with Gasteiger partial charge in [-0.25, -0.2) is 8.42 Å². The highest BCUT2D eigenvalue weighted by Crippen LogP contribution is 2.11. The Morgan fingerprint density at radius 1 is 1.30 bits per heavy atom. The summed E-state index contributed by atoms with van der Waals surface area (Å²) in [4.78, 5) is 11.4. The lowest BCUT2D eigenvalue weighted by atomic mass is 10.2. The summed E-state index contributed by atoms with van der Waals surface area (Å²) in [5.41, 5.74) is 0.811. The van der Waals surface area contributed by atoms with Crippen LogP contribution in [0.5, 0.6) is 0 Å². The predicted octanol–water partition coefficient (Wildman–Crippen LogP) is 1.62. The minimum atomic E-state index is -3.54. The summed E-state index contributed by atoms with van der Waals surface area (Å²) in [5.74, 6) is -0.410. The molecule has 20 heavy (non-hydrogen) atoms. The van der Waals surface area contributed by atoms with Crippen molar-refractivity contribution < 1.29 is 17.9 Å². The summed E-state index contributed by atoms with van der Waals surface area (Å²) in [6.07, 6.45) is 0.344. The van der Waals surface area contributed by atoms with Gasteiger partial charge in [0.15, 0.2) is 0 Å². The third-order valence-electron chi connectivity index (χ3n) is 2.66. The topological polar surface area (TPSA) is 63.7 Å². The number of rotatable bonds is 8. The van der Waals surface area contributed by atoms with Crippen LogP contribution in [0.25, 0.3) is 0 Å². The van der Waals surface area contributed by atoms with Gasteiger partial charge in [0.25, 0.3) is 0 Å². The first kappa shape index (κ1) is 16.9. The third kappa shape index (κ3) is 5.48. The van der Waals surface area contributed by atoms with E-state index < -0.39 is 16.0 Å². The molecule has 0 unspecified atom stereocenters. The van der Waals surface area contributed by atoms with E-state index in [0.717, 1.165) is 9.87 Å². The van der Waals surface area contributed by atoms with Gasteiger partial charge in [0.2, 0.25) is 10.0 Å². The summed E-state index contributed by atoms with van der Waals surface area (Å²) in [6, 6.07) is 9.09. The Morgan fingerprint density at radius 3 is 2.50 bits per heavy atom. The lowest BCUT2D eigenvalue weighted by Crippen LogP contribution is -2.37. The zero-order valence-electron chi connectivity index (χ0n) is 11.3. The maximum atomic E-state index is 12.2. The van der Waals surface area contributed by atoms with E-state index in [2.05, 4.69) is 4.74 Å². The van der Waals surface area contributed by atoms with Gasteiger partial charge in [-0.15, -0.1) is 11.6 Å². The molecule has 0 atom stereocenters. The van der Waals surface area contributed by atoms with E-state index in [1.165, 1.54) is 7.11 Å². The molecule has 0 radical (unpaired) electrons. The average molecular weight is 320 g/mol. The van der Waals surface area contributed by atoms with Crippen molar-refractivity contribution >= 4 is 27.6 Å². The fraction of sp³-hybridized carbons (Fsp3) is 0.462. The molecular weight excluding hydrogens is 302 g/mol. The monoisotopic (exact) mass is 319 g/mol. The Hall–Kier alpha value is -1.11. The number of nitrogens with zero attached hydrogens (tertiary/aromatic N) is 1. The number of sulfonamides is 1. The Balaban J connectivity index is 2.87. The van der Waals surface area contributed by atoms with Crippen LogP contribution in [0.2, 0.25) is 0 Å². The van der Waals surface area contributed by atoms with Crippen LogP contribution in [0.3, 0.4) is 0 Å². The Morgan fingerprint density at radius 2 is 1.95 bits per heavy atom. The molecule has 0 fully saturated rings. The van der Waals surface area contributed by atoms with Gasteiger partial charge in [0.05, 0.1) is 12.9 Å². The lowest BCUT2D eigenvalue weighted by molar-refractivity contribution is -0.140. The van der Waals surface area contributed by atoms with Gasteiger partial charge in [0.1, 0.15) is 6.54 Å². The van der Waals surface area contributed by atoms with Crippen LogP contribution in [-0.2, 0) is 26.1 Å². The summed E-state index contributed by atoms with van der Waals surface area (Å²) >= 11 is 5.53. The van der Waals surface area contributed by atoms with Gasteiger partial charge in [-0.1, -0.05) is 30.3 Å². The van der Waals surface area contributed by atoms with E-state index in [1.54, 1.807) is 12.1 Å². The molecule has 0 aliphatic rings. The minimum absolute atomic E-state index is 0.0830. The summed E-state index contributed by atoms with van der Waals surface area (Å²) in [7, 11) is -2.31. The highest BCUT2D eigenvalue weighted by Gasteiger charge is 2.24. The number of hydrogen-bond acceptors (Lipinski definition) is 4. The molecule has 0 aliphatic heterocycles. The molecule has 0 bridgehead atoms. The molecule has 0 aliphatic carbocycles. The number of carbonyl (C=O) groups is 1. The van der Waals surface area contributed by atoms with Gasteiger partial charge in [-0.3, -0.25) is 4.79 Å². The highest BCUT2D eigenvalue weighted by atomic mass is 35.5. The van der Waals surface area contributed by atoms with Crippen molar-refractivity contribution in [2.45, 2.75) is 13.0 Å². The average Bonchev–Trinajstić information content (AvgIpc) is 2.45. The van der Waals surface area contributed by atoms with Crippen molar-refractivity contribution in [3.05, 3.63) is 35.9 Å². The van der Waals surface area contributed by atoms with Gasteiger partial charge in [0, 0.05) is 12.4 Å². The number of hydrogen-bond donors (Lipinski definition) is 0. The maximum Gasteiger partial charge on any atom is 0.321 e. The summed E-state index contributed by atoms with van der Waals surface area (Å²) in [5, 5.41) is 0. The molecule has 0 aromatic heterocycles. The first-order chi connectivity index (χ1) is 9.49. The highest BCUT2D eigenvalue weighted by molar-refractivity contribution is 7.89. The standard InChI is InChI=1S/C13H18ClNO4S/c1-19-13(16)11-15(20(17,18)9-5-8-14)10-12-6-3-2-4-7-12/h2-4,6-7H,5,8-11H2,1H3. The molecule has 5 nitrogen and oxygen atoms in total. The van der Waals surface area contributed by atoms with E-state index in [4.69, 9.17) is 11.6 Å². The number of ether oxygens (including phenoxy) is 1. The first-order valence-corrected chi connectivity index (χ1v) is 8.28. The number of carbonyl (C=O) groups excluding carboxylic acids is 1. The first-order valence-electron chi connectivity index (χ1n) is 6.14. The van der Waals surface area contributed by atoms with Crippen molar-refractivity contribution in [2.75, 3.05) is 25.3 Å². The van der Waals surface area contributed by atoms with Crippen molar-refractivity contribution in [3.8, 4) is 0 Å². The second kappa shape index (κ2) is 8.24. The molecule has 0 saturated heterocycles. The molecule has 1 rings (SSSR count). The van der Waals surface area contributed by atoms with Gasteiger partial charge < -0.3 is 4.74 Å². The Kier molecular flexibility index (Phi) is 6.98. The van der Waals surface area contributed by atoms with Crippen LogP contribution >= 0.6 is 11.6 Å². The summed E-state index contributed by atoms with van der Waals surface area (Å²) < 4.78 is 30.1. The Labute approximate surface area is 124 Å². The van der Waals surface area contributed by atoms with Crippen molar-refractivity contribution in [1.29, 1.82) is 0 Å². The predicted molar refractivity (Wildman–Crippen MR) is 78.0 cm³/mol. The number of benzene rings is 1. The largest absolute Gasteiger partial charge is 0.468 e. The van der Waals surface area contributed by atoms with Crippen molar-refractivity contribution in [3.63, 3.8) is 0 Å². The molecule has 0 amide bonds. The maximum absolute atomic E-state index is 12.2. The molecule has 0 spiro atoms. The van der Waals surface area contributed by atoms with Crippen LogP contribution < -0.4 is 0 Å². The van der Waals surface area contributed by atoms with E-state index in [9.17, 15) is 13.2 Å². The van der Waals surface area contributed by atoms with Gasteiger partial charge >= 0.3 is 5.97 Å². The van der Waals surface area contributed by atoms with Crippen LogP contribution in [0.4, 0.5) is 0 Å². The lowest BCUT2D eigenvalue weighted by Gasteiger charge is -2.21. The molecule has 7 heteroatoms. The summed E-state index contributed by atoms with van der Waals surface area (Å²) in [6.45, 7) is -0.156. The number of esters is 1. The van der Waals surface area contributed by atoms with Crippen molar-refractivity contribution in [2.24, 2.45) is 0 Å². The third-order valence-corrected chi connectivity index (χ3v) is 4.78. The zero-order valence-corrected chi connectivity index (χ0v) is 12.9. The second-order valence-corrected chi connectivity index (χ2v) is 6.65. The van der Waals surface area contributed by atoms with Crippen molar-refractivity contribution in [1.82, 2.24) is 4.31 Å². The molecule has 1 aromatic carbocycles. The second-order valence-electron chi connectivity index (χ2n) is 4.19. The quantitative estimate of drug-likeness (QED) is 0.539. The van der Waals surface area contributed by atoms with Gasteiger partial charge in [-0.05, 0) is 12.0 Å². The van der Waals surface area contributed by atoms with Crippen LogP contribution in [0.15, 0.2) is 30.3 Å². The number of methoxy groups -OCH3 is 1. The van der Waals surface area contributed by atoms with Gasteiger partial charge in [-0.2, -0.15) is 4.31 Å². The molecule has 0 heterocycles. The number of halogens is 1. The fourth-order valence-electron chi connectivity index (χ4n) is 1.61. The molecule has 0 saturated carbocycles. The SMILES string of the molecule is COC(=O)CN(Cc1ccccc1)S(=O)(=O)CCCCl. The van der Waals surface area contributed by atoms with Crippen LogP contribution in [-0.4, -0.2) is 44.0 Å². The normalized spacial score (nSPS) is 11.6. The number of alkyl halides is 1. The van der Waals surface area contributed by atoms with E-state index in [1.807, 2.05) is 18.2 Å². The van der Waals surface area contributed by atoms with E-state index in [-0.39, 0.29) is 24.7 Å². The van der Waals surface area contributed by atoms with Crippen LogP contribution in [0, 0.1) is 0 Å². The smallest absolute Gasteiger partial charge is 0.321 e. The van der Waals surface area contributed by atoms with E-state index in [0.29, 0.717) is 6.42 Å².